The highest BCUT2D eigenvalue weighted by Crippen LogP contribution is 2.19. The van der Waals surface area contributed by atoms with Crippen LogP contribution < -0.4 is 5.73 Å². The number of carbonyl (C=O) groups is 2. The van der Waals surface area contributed by atoms with Gasteiger partial charge >= 0.3 is 0 Å². The number of hydrogen-bond acceptors (Lipinski definition) is 4. The van der Waals surface area contributed by atoms with E-state index >= 15 is 0 Å². The molecule has 1 aromatic heterocycles. The zero-order valence-corrected chi connectivity index (χ0v) is 11.0. The molecule has 1 aliphatic rings. The topological polar surface area (TPSA) is 72.6 Å². The number of nitrogens with two attached hydrogens (primary N) is 1. The molecular formula is C12H16N2O3S. The molecule has 98 valence electrons. The molecular weight excluding hydrogens is 252 g/mol. The van der Waals surface area contributed by atoms with Crippen molar-refractivity contribution in [2.75, 3.05) is 19.7 Å². The molecule has 18 heavy (non-hydrogen) atoms. The Morgan fingerprint density at radius 1 is 1.61 bits per heavy atom. The molecule has 1 atom stereocenters. The Balaban J connectivity index is 2.00. The third kappa shape index (κ3) is 2.70. The number of nitrogens with zero attached hydrogens (tertiary/aromatic N) is 1. The summed E-state index contributed by atoms with van der Waals surface area (Å²) in [6.07, 6.45) is 0.368. The van der Waals surface area contributed by atoms with Crippen LogP contribution in [0.5, 0.6) is 0 Å². The van der Waals surface area contributed by atoms with Crippen molar-refractivity contribution in [3.8, 4) is 0 Å². The van der Waals surface area contributed by atoms with E-state index in [2.05, 4.69) is 0 Å². The number of rotatable bonds is 3. The van der Waals surface area contributed by atoms with Gasteiger partial charge in [0, 0.05) is 11.4 Å². The lowest BCUT2D eigenvalue weighted by molar-refractivity contribution is -0.160. The average Bonchev–Trinajstić information content (AvgIpc) is 2.81. The summed E-state index contributed by atoms with van der Waals surface area (Å²) >= 11 is 1.55. The van der Waals surface area contributed by atoms with Gasteiger partial charge in [0.05, 0.1) is 19.6 Å². The Morgan fingerprint density at radius 3 is 3.00 bits per heavy atom. The minimum absolute atomic E-state index is 0.00762. The number of amides is 2. The highest BCUT2D eigenvalue weighted by molar-refractivity contribution is 7.10. The SMILES string of the molecule is CC1(C(N)=O)CN(C(=O)Cc2cccs2)CCO1. The van der Waals surface area contributed by atoms with Gasteiger partial charge in [-0.15, -0.1) is 11.3 Å². The summed E-state index contributed by atoms with van der Waals surface area (Å²) in [5, 5.41) is 1.94. The van der Waals surface area contributed by atoms with E-state index in [0.717, 1.165) is 4.88 Å². The molecule has 0 saturated carbocycles. The van der Waals surface area contributed by atoms with E-state index < -0.39 is 11.5 Å². The van der Waals surface area contributed by atoms with Crippen molar-refractivity contribution in [2.24, 2.45) is 5.73 Å². The fraction of sp³-hybridized carbons (Fsp3) is 0.500. The maximum absolute atomic E-state index is 12.1. The Hall–Kier alpha value is -1.40. The smallest absolute Gasteiger partial charge is 0.251 e. The van der Waals surface area contributed by atoms with Crippen LogP contribution in [-0.2, 0) is 20.7 Å². The van der Waals surface area contributed by atoms with Gasteiger partial charge in [-0.1, -0.05) is 6.07 Å². The minimum Gasteiger partial charge on any atom is -0.367 e. The van der Waals surface area contributed by atoms with E-state index in [1.54, 1.807) is 23.2 Å². The highest BCUT2D eigenvalue weighted by Gasteiger charge is 2.39. The van der Waals surface area contributed by atoms with Crippen LogP contribution in [0.15, 0.2) is 17.5 Å². The van der Waals surface area contributed by atoms with Crippen LogP contribution >= 0.6 is 11.3 Å². The molecule has 2 rings (SSSR count). The quantitative estimate of drug-likeness (QED) is 0.862. The third-order valence-corrected chi connectivity index (χ3v) is 3.93. The van der Waals surface area contributed by atoms with Crippen molar-refractivity contribution < 1.29 is 14.3 Å². The van der Waals surface area contributed by atoms with E-state index in [4.69, 9.17) is 10.5 Å². The third-order valence-electron chi connectivity index (χ3n) is 3.05. The zero-order valence-electron chi connectivity index (χ0n) is 10.2. The van der Waals surface area contributed by atoms with Crippen LogP contribution in [0.25, 0.3) is 0 Å². The van der Waals surface area contributed by atoms with Gasteiger partial charge in [0.1, 0.15) is 0 Å². The summed E-state index contributed by atoms with van der Waals surface area (Å²) in [6, 6.07) is 3.84. The number of ether oxygens (including phenoxy) is 1. The van der Waals surface area contributed by atoms with Gasteiger partial charge in [0.15, 0.2) is 5.60 Å². The van der Waals surface area contributed by atoms with Gasteiger partial charge in [-0.05, 0) is 18.4 Å². The number of hydrogen-bond donors (Lipinski definition) is 1. The number of carbonyl (C=O) groups excluding carboxylic acids is 2. The second kappa shape index (κ2) is 5.07. The molecule has 1 aliphatic heterocycles. The predicted molar refractivity (Wildman–Crippen MR) is 68.2 cm³/mol. The van der Waals surface area contributed by atoms with Crippen LogP contribution in [0.4, 0.5) is 0 Å². The largest absolute Gasteiger partial charge is 0.367 e. The van der Waals surface area contributed by atoms with E-state index in [1.165, 1.54) is 0 Å². The average molecular weight is 268 g/mol. The van der Waals surface area contributed by atoms with Crippen LogP contribution in [0.2, 0.25) is 0 Å². The van der Waals surface area contributed by atoms with Gasteiger partial charge in [0.2, 0.25) is 5.91 Å². The van der Waals surface area contributed by atoms with Crippen LogP contribution in [0, 0.1) is 0 Å². The van der Waals surface area contributed by atoms with Crippen molar-refractivity contribution in [3.05, 3.63) is 22.4 Å². The molecule has 5 nitrogen and oxygen atoms in total. The standard InChI is InChI=1S/C12H16N2O3S/c1-12(11(13)16)8-14(4-5-17-12)10(15)7-9-3-2-6-18-9/h2-3,6H,4-5,7-8H2,1H3,(H2,13,16). The lowest BCUT2D eigenvalue weighted by atomic mass is 10.0. The molecule has 1 fully saturated rings. The molecule has 0 bridgehead atoms. The lowest BCUT2D eigenvalue weighted by Gasteiger charge is -2.38. The summed E-state index contributed by atoms with van der Waals surface area (Å²) < 4.78 is 5.38. The lowest BCUT2D eigenvalue weighted by Crippen LogP contribution is -2.58. The van der Waals surface area contributed by atoms with Gasteiger partial charge in [-0.2, -0.15) is 0 Å². The summed E-state index contributed by atoms with van der Waals surface area (Å²) in [6.45, 7) is 2.70. The fourth-order valence-electron chi connectivity index (χ4n) is 1.91. The molecule has 0 spiro atoms. The molecule has 2 N–H and O–H groups in total. The normalized spacial score (nSPS) is 23.9. The minimum atomic E-state index is -1.07. The fourth-order valence-corrected chi connectivity index (χ4v) is 2.60. The molecule has 6 heteroatoms. The summed E-state index contributed by atoms with van der Waals surface area (Å²) in [7, 11) is 0. The van der Waals surface area contributed by atoms with E-state index in [0.29, 0.717) is 19.6 Å². The van der Waals surface area contributed by atoms with Crippen LogP contribution in [0.3, 0.4) is 0 Å². The molecule has 1 saturated heterocycles. The van der Waals surface area contributed by atoms with Crippen molar-refractivity contribution in [2.45, 2.75) is 18.9 Å². The Bertz CT molecular complexity index is 446. The van der Waals surface area contributed by atoms with Gasteiger partial charge in [0.25, 0.3) is 5.91 Å². The molecule has 0 radical (unpaired) electrons. The maximum Gasteiger partial charge on any atom is 0.251 e. The summed E-state index contributed by atoms with van der Waals surface area (Å²) in [5.41, 5.74) is 4.23. The first-order valence-corrected chi connectivity index (χ1v) is 6.63. The monoisotopic (exact) mass is 268 g/mol. The Kier molecular flexibility index (Phi) is 3.68. The van der Waals surface area contributed by atoms with Crippen molar-refractivity contribution in [3.63, 3.8) is 0 Å². The summed E-state index contributed by atoms with van der Waals surface area (Å²) in [4.78, 5) is 26.1. The van der Waals surface area contributed by atoms with E-state index in [-0.39, 0.29) is 12.5 Å². The zero-order chi connectivity index (χ0) is 13.2. The van der Waals surface area contributed by atoms with Crippen molar-refractivity contribution in [1.29, 1.82) is 0 Å². The van der Waals surface area contributed by atoms with Gasteiger partial charge in [-0.25, -0.2) is 0 Å². The Labute approximate surface area is 110 Å². The number of thiophene rings is 1. The maximum atomic E-state index is 12.1. The second-order valence-electron chi connectivity index (χ2n) is 4.52. The van der Waals surface area contributed by atoms with Crippen molar-refractivity contribution >= 4 is 23.2 Å². The number of primary amides is 1. The van der Waals surface area contributed by atoms with E-state index in [1.807, 2.05) is 17.5 Å². The van der Waals surface area contributed by atoms with Crippen LogP contribution in [0.1, 0.15) is 11.8 Å². The first-order valence-electron chi connectivity index (χ1n) is 5.75. The first kappa shape index (κ1) is 13.0. The summed E-state index contributed by atoms with van der Waals surface area (Å²) in [5.74, 6) is -0.524. The molecule has 2 amide bonds. The van der Waals surface area contributed by atoms with Gasteiger partial charge < -0.3 is 15.4 Å². The molecule has 0 aromatic carbocycles. The molecule has 2 heterocycles. The number of morpholine rings is 1. The second-order valence-corrected chi connectivity index (χ2v) is 5.55. The van der Waals surface area contributed by atoms with Crippen LogP contribution in [-0.4, -0.2) is 42.0 Å². The van der Waals surface area contributed by atoms with Crippen molar-refractivity contribution in [1.82, 2.24) is 4.90 Å². The molecule has 0 aliphatic carbocycles. The van der Waals surface area contributed by atoms with Gasteiger partial charge in [-0.3, -0.25) is 9.59 Å². The Morgan fingerprint density at radius 2 is 2.39 bits per heavy atom. The highest BCUT2D eigenvalue weighted by atomic mass is 32.1. The molecule has 1 unspecified atom stereocenters. The first-order chi connectivity index (χ1) is 8.51. The van der Waals surface area contributed by atoms with E-state index in [9.17, 15) is 9.59 Å². The predicted octanol–water partition coefficient (Wildman–Crippen LogP) is 0.393. The molecule has 1 aromatic rings.